The summed E-state index contributed by atoms with van der Waals surface area (Å²) in [5.74, 6) is 1.41. The molecule has 1 aliphatic rings. The van der Waals surface area contributed by atoms with E-state index in [9.17, 15) is 9.18 Å². The maximum Gasteiger partial charge on any atom is 0.237 e. The van der Waals surface area contributed by atoms with Gasteiger partial charge < -0.3 is 24.8 Å². The summed E-state index contributed by atoms with van der Waals surface area (Å²) in [5.41, 5.74) is 2.60. The number of nitrogens with zero attached hydrogens (tertiary/aromatic N) is 1. The number of hydrogen-bond acceptors (Lipinski definition) is 6. The highest BCUT2D eigenvalue weighted by atomic mass is 35.5. The van der Waals surface area contributed by atoms with Crippen molar-refractivity contribution in [2.45, 2.75) is 38.0 Å². The van der Waals surface area contributed by atoms with Gasteiger partial charge >= 0.3 is 0 Å². The highest BCUT2D eigenvalue weighted by Gasteiger charge is 2.36. The first kappa shape index (κ1) is 28.7. The van der Waals surface area contributed by atoms with Crippen LogP contribution in [0.15, 0.2) is 60.7 Å². The molecule has 3 aromatic rings. The Balaban J connectivity index is 1.43. The van der Waals surface area contributed by atoms with Crippen molar-refractivity contribution in [3.63, 3.8) is 0 Å². The number of likely N-dealkylation sites (tertiary alicyclic amines) is 1. The van der Waals surface area contributed by atoms with E-state index in [0.717, 1.165) is 11.1 Å². The number of carbonyl (C=O) groups is 1. The quantitative estimate of drug-likeness (QED) is 0.340. The van der Waals surface area contributed by atoms with Gasteiger partial charge in [-0.25, -0.2) is 4.39 Å². The highest BCUT2D eigenvalue weighted by molar-refractivity contribution is 6.30. The van der Waals surface area contributed by atoms with Crippen molar-refractivity contribution in [3.8, 4) is 17.2 Å². The Morgan fingerprint density at radius 3 is 2.41 bits per heavy atom. The number of hydrogen-bond donors (Lipinski definition) is 2. The van der Waals surface area contributed by atoms with Crippen LogP contribution in [0, 0.1) is 5.82 Å². The first-order chi connectivity index (χ1) is 18.9. The van der Waals surface area contributed by atoms with Gasteiger partial charge in [-0.05, 0) is 59.9 Å². The fourth-order valence-corrected chi connectivity index (χ4v) is 5.22. The number of benzene rings is 3. The van der Waals surface area contributed by atoms with E-state index in [1.807, 2.05) is 36.4 Å². The molecule has 0 aromatic heterocycles. The van der Waals surface area contributed by atoms with Crippen molar-refractivity contribution < 1.29 is 23.4 Å². The van der Waals surface area contributed by atoms with Gasteiger partial charge in [-0.1, -0.05) is 41.9 Å². The molecule has 0 unspecified atom stereocenters. The fraction of sp³-hybridized carbons (Fsp3) is 0.367. The smallest absolute Gasteiger partial charge is 0.237 e. The summed E-state index contributed by atoms with van der Waals surface area (Å²) in [6.07, 6.45) is 1.07. The third-order valence-electron chi connectivity index (χ3n) is 6.95. The molecular weight excluding hydrogens is 521 g/mol. The number of amides is 1. The number of methoxy groups -OCH3 is 3. The Kier molecular flexibility index (Phi) is 10.0. The van der Waals surface area contributed by atoms with Gasteiger partial charge in [0.15, 0.2) is 11.5 Å². The van der Waals surface area contributed by atoms with E-state index >= 15 is 0 Å². The highest BCUT2D eigenvalue weighted by Crippen LogP contribution is 2.38. The van der Waals surface area contributed by atoms with Crippen molar-refractivity contribution in [1.82, 2.24) is 15.5 Å². The van der Waals surface area contributed by atoms with Gasteiger partial charge in [-0.3, -0.25) is 9.69 Å². The third kappa shape index (κ3) is 7.41. The van der Waals surface area contributed by atoms with Crippen LogP contribution in [0.1, 0.15) is 23.1 Å². The number of carbonyl (C=O) groups excluding carboxylic acids is 1. The lowest BCUT2D eigenvalue weighted by Crippen LogP contribution is -2.43. The summed E-state index contributed by atoms with van der Waals surface area (Å²) in [7, 11) is 4.76. The van der Waals surface area contributed by atoms with Gasteiger partial charge in [0.25, 0.3) is 0 Å². The van der Waals surface area contributed by atoms with Crippen molar-refractivity contribution in [2.24, 2.45) is 0 Å². The molecule has 1 amide bonds. The number of nitrogens with one attached hydrogen (secondary N) is 2. The molecule has 1 fully saturated rings. The van der Waals surface area contributed by atoms with Gasteiger partial charge in [0, 0.05) is 37.2 Å². The Morgan fingerprint density at radius 2 is 1.74 bits per heavy atom. The molecule has 7 nitrogen and oxygen atoms in total. The van der Waals surface area contributed by atoms with Gasteiger partial charge in [0.1, 0.15) is 5.82 Å². The Bertz CT molecular complexity index is 1250. The Hall–Kier alpha value is -3.33. The molecule has 0 radical (unpaired) electrons. The van der Waals surface area contributed by atoms with Crippen LogP contribution in [0.2, 0.25) is 5.02 Å². The van der Waals surface area contributed by atoms with Crippen molar-refractivity contribution in [1.29, 1.82) is 0 Å². The van der Waals surface area contributed by atoms with Gasteiger partial charge in [0.2, 0.25) is 11.7 Å². The lowest BCUT2D eigenvalue weighted by molar-refractivity contribution is -0.125. The minimum Gasteiger partial charge on any atom is -0.493 e. The lowest BCUT2D eigenvalue weighted by atomic mass is 10.1. The first-order valence-electron chi connectivity index (χ1n) is 12.9. The van der Waals surface area contributed by atoms with Gasteiger partial charge in [-0.15, -0.1) is 0 Å². The van der Waals surface area contributed by atoms with E-state index in [4.69, 9.17) is 25.8 Å². The molecule has 0 bridgehead atoms. The van der Waals surface area contributed by atoms with Crippen molar-refractivity contribution >= 4 is 17.5 Å². The summed E-state index contributed by atoms with van der Waals surface area (Å²) in [5, 5.41) is 7.27. The zero-order valence-corrected chi connectivity index (χ0v) is 23.3. The van der Waals surface area contributed by atoms with E-state index in [1.165, 1.54) is 6.07 Å². The van der Waals surface area contributed by atoms with Crippen molar-refractivity contribution in [3.05, 3.63) is 88.2 Å². The van der Waals surface area contributed by atoms with Crippen LogP contribution in [0.5, 0.6) is 17.2 Å². The number of halogens is 2. The van der Waals surface area contributed by atoms with Crippen LogP contribution in [0.25, 0.3) is 0 Å². The standard InChI is InChI=1S/C30H35ClFN3O4/c1-37-27-14-21(15-28(38-2)29(27)39-3)17-34-24-16-26(35(19-24)18-20-7-6-9-23(31)13-20)30(36)33-12-11-22-8-4-5-10-25(22)32/h4-10,13-15,24,26,34H,11-12,16-19H2,1-3H3,(H,33,36)/t24-,26-/m0/s1. The molecular formula is C30H35ClFN3O4. The SMILES string of the molecule is COc1cc(CN[C@H]2C[C@@H](C(=O)NCCc3ccccc3F)N(Cc3cccc(Cl)c3)C2)cc(OC)c1OC. The molecule has 0 spiro atoms. The third-order valence-corrected chi connectivity index (χ3v) is 7.19. The molecule has 2 atom stereocenters. The topological polar surface area (TPSA) is 72.1 Å². The summed E-state index contributed by atoms with van der Waals surface area (Å²) in [4.78, 5) is 15.5. The second-order valence-corrected chi connectivity index (χ2v) is 9.99. The zero-order chi connectivity index (χ0) is 27.8. The molecule has 1 aliphatic heterocycles. The molecule has 0 aliphatic carbocycles. The van der Waals surface area contributed by atoms with Crippen LogP contribution < -0.4 is 24.8 Å². The van der Waals surface area contributed by atoms with E-state index in [2.05, 4.69) is 15.5 Å². The molecule has 2 N–H and O–H groups in total. The van der Waals surface area contributed by atoms with Crippen molar-refractivity contribution in [2.75, 3.05) is 34.4 Å². The summed E-state index contributed by atoms with van der Waals surface area (Å²) >= 11 is 6.22. The summed E-state index contributed by atoms with van der Waals surface area (Å²) in [6.45, 7) is 2.20. The first-order valence-corrected chi connectivity index (χ1v) is 13.3. The van der Waals surface area contributed by atoms with Crippen LogP contribution in [-0.4, -0.2) is 57.3 Å². The Morgan fingerprint density at radius 1 is 1.00 bits per heavy atom. The van der Waals surface area contributed by atoms with Crippen LogP contribution in [0.4, 0.5) is 4.39 Å². The van der Waals surface area contributed by atoms with E-state index in [0.29, 0.717) is 66.9 Å². The van der Waals surface area contributed by atoms with Crippen LogP contribution in [-0.2, 0) is 24.3 Å². The molecule has 9 heteroatoms. The lowest BCUT2D eigenvalue weighted by Gasteiger charge is -2.23. The maximum atomic E-state index is 14.0. The molecule has 1 heterocycles. The second kappa shape index (κ2) is 13.6. The minimum absolute atomic E-state index is 0.0644. The van der Waals surface area contributed by atoms with Gasteiger partial charge in [-0.2, -0.15) is 0 Å². The Labute approximate surface area is 234 Å². The number of rotatable bonds is 12. The summed E-state index contributed by atoms with van der Waals surface area (Å²) in [6, 6.07) is 17.9. The maximum absolute atomic E-state index is 14.0. The fourth-order valence-electron chi connectivity index (χ4n) is 5.01. The molecule has 1 saturated heterocycles. The average Bonchev–Trinajstić information content (AvgIpc) is 3.34. The summed E-state index contributed by atoms with van der Waals surface area (Å²) < 4.78 is 30.4. The predicted molar refractivity (Wildman–Crippen MR) is 150 cm³/mol. The van der Waals surface area contributed by atoms with E-state index in [-0.39, 0.29) is 23.8 Å². The average molecular weight is 556 g/mol. The van der Waals surface area contributed by atoms with E-state index in [1.54, 1.807) is 39.5 Å². The molecule has 0 saturated carbocycles. The van der Waals surface area contributed by atoms with Crippen LogP contribution >= 0.6 is 11.6 Å². The zero-order valence-electron chi connectivity index (χ0n) is 22.5. The normalized spacial score (nSPS) is 17.2. The molecule has 208 valence electrons. The van der Waals surface area contributed by atoms with Gasteiger partial charge in [0.05, 0.1) is 27.4 Å². The monoisotopic (exact) mass is 555 g/mol. The second-order valence-electron chi connectivity index (χ2n) is 9.55. The predicted octanol–water partition coefficient (Wildman–Crippen LogP) is 4.60. The van der Waals surface area contributed by atoms with Crippen LogP contribution in [0.3, 0.4) is 0 Å². The molecule has 4 rings (SSSR count). The van der Waals surface area contributed by atoms with E-state index < -0.39 is 0 Å². The molecule has 3 aromatic carbocycles. The number of ether oxygens (including phenoxy) is 3. The largest absolute Gasteiger partial charge is 0.493 e. The minimum atomic E-state index is -0.331. The molecule has 39 heavy (non-hydrogen) atoms.